The molecule has 1 rings (SSSR count). The van der Waals surface area contributed by atoms with E-state index in [1.807, 2.05) is 0 Å². The Morgan fingerprint density at radius 2 is 1.27 bits per heavy atom. The third-order valence-electron chi connectivity index (χ3n) is 3.16. The molecule has 0 aromatic heterocycles. The van der Waals surface area contributed by atoms with Gasteiger partial charge in [-0.25, -0.2) is 22.0 Å². The van der Waals surface area contributed by atoms with Gasteiger partial charge >= 0.3 is 0 Å². The van der Waals surface area contributed by atoms with Crippen LogP contribution in [0.15, 0.2) is 0 Å². The van der Waals surface area contributed by atoms with Gasteiger partial charge in [0, 0.05) is 23.9 Å². The average molecular weight is 323 g/mol. The molecule has 0 spiro atoms. The minimum absolute atomic E-state index is 0.200. The van der Waals surface area contributed by atoms with E-state index in [2.05, 4.69) is 5.32 Å². The van der Waals surface area contributed by atoms with E-state index in [1.165, 1.54) is 0 Å². The SMILES string of the molecule is CC(C)N[C@@H](Cc1c(F)c(F)c(F)c(F)c1F)C(=O)C(C)C. The second-order valence-corrected chi connectivity index (χ2v) is 5.68. The minimum Gasteiger partial charge on any atom is -0.305 e. The first-order valence-corrected chi connectivity index (χ1v) is 6.87. The Morgan fingerprint density at radius 1 is 0.864 bits per heavy atom. The van der Waals surface area contributed by atoms with Crippen LogP contribution in [0.25, 0.3) is 0 Å². The zero-order valence-electron chi connectivity index (χ0n) is 12.7. The van der Waals surface area contributed by atoms with Crippen LogP contribution >= 0.6 is 0 Å². The summed E-state index contributed by atoms with van der Waals surface area (Å²) in [6, 6.07) is -1.23. The number of Topliss-reactive ketones (excluding diaryl/α,β-unsaturated/α-hetero) is 1. The second-order valence-electron chi connectivity index (χ2n) is 5.68. The van der Waals surface area contributed by atoms with Gasteiger partial charge in [0.15, 0.2) is 29.1 Å². The third kappa shape index (κ3) is 3.82. The van der Waals surface area contributed by atoms with Gasteiger partial charge < -0.3 is 5.32 Å². The number of hydrogen-bond donors (Lipinski definition) is 1. The number of rotatable bonds is 6. The number of ketones is 1. The van der Waals surface area contributed by atoms with E-state index in [0.717, 1.165) is 0 Å². The van der Waals surface area contributed by atoms with Crippen LogP contribution in [0.3, 0.4) is 0 Å². The minimum atomic E-state index is -2.21. The van der Waals surface area contributed by atoms with Gasteiger partial charge in [-0.2, -0.15) is 0 Å². The molecule has 0 bridgehead atoms. The normalized spacial score (nSPS) is 13.0. The van der Waals surface area contributed by atoms with Crippen molar-refractivity contribution in [2.24, 2.45) is 5.92 Å². The fourth-order valence-corrected chi connectivity index (χ4v) is 2.08. The molecule has 7 heteroatoms. The standard InChI is InChI=1S/C15H18F5NO/c1-6(2)15(22)9(21-7(3)4)5-8-10(16)12(18)14(20)13(19)11(8)17/h6-7,9,21H,5H2,1-4H3/t9-/m0/s1. The van der Waals surface area contributed by atoms with Crippen molar-refractivity contribution in [3.05, 3.63) is 34.6 Å². The molecule has 124 valence electrons. The van der Waals surface area contributed by atoms with E-state index in [4.69, 9.17) is 0 Å². The molecule has 1 aromatic rings. The summed E-state index contributed by atoms with van der Waals surface area (Å²) in [5.74, 6) is -10.8. The van der Waals surface area contributed by atoms with Crippen LogP contribution in [0.2, 0.25) is 0 Å². The van der Waals surface area contributed by atoms with Crippen molar-refractivity contribution in [3.63, 3.8) is 0 Å². The Labute approximate surface area is 125 Å². The molecule has 0 radical (unpaired) electrons. The highest BCUT2D eigenvalue weighted by Gasteiger charge is 2.30. The number of carbonyl (C=O) groups excluding carboxylic acids is 1. The maximum Gasteiger partial charge on any atom is 0.200 e. The molecule has 0 aliphatic heterocycles. The number of benzene rings is 1. The molecule has 1 aromatic carbocycles. The van der Waals surface area contributed by atoms with Crippen molar-refractivity contribution in [2.75, 3.05) is 0 Å². The first kappa shape index (κ1) is 18.5. The number of nitrogens with one attached hydrogen (secondary N) is 1. The largest absolute Gasteiger partial charge is 0.305 e. The van der Waals surface area contributed by atoms with Crippen molar-refractivity contribution in [3.8, 4) is 0 Å². The van der Waals surface area contributed by atoms with Crippen LogP contribution in [0.4, 0.5) is 22.0 Å². The van der Waals surface area contributed by atoms with Crippen molar-refractivity contribution in [1.82, 2.24) is 5.32 Å². The Morgan fingerprint density at radius 3 is 1.64 bits per heavy atom. The first-order chi connectivity index (χ1) is 10.1. The fraction of sp³-hybridized carbons (Fsp3) is 0.533. The van der Waals surface area contributed by atoms with Crippen molar-refractivity contribution < 1.29 is 26.7 Å². The molecular formula is C15H18F5NO. The lowest BCUT2D eigenvalue weighted by Crippen LogP contribution is -2.44. The summed E-state index contributed by atoms with van der Waals surface area (Å²) in [7, 11) is 0. The number of carbonyl (C=O) groups is 1. The van der Waals surface area contributed by atoms with Gasteiger partial charge in [0.05, 0.1) is 6.04 Å². The lowest BCUT2D eigenvalue weighted by molar-refractivity contribution is -0.124. The molecule has 0 aliphatic rings. The lowest BCUT2D eigenvalue weighted by Gasteiger charge is -2.22. The van der Waals surface area contributed by atoms with Gasteiger partial charge in [-0.05, 0) is 0 Å². The molecule has 22 heavy (non-hydrogen) atoms. The topological polar surface area (TPSA) is 29.1 Å². The van der Waals surface area contributed by atoms with Gasteiger partial charge in [-0.3, -0.25) is 4.79 Å². The Hall–Kier alpha value is -1.50. The first-order valence-electron chi connectivity index (χ1n) is 6.87. The zero-order chi connectivity index (χ0) is 17.2. The van der Waals surface area contributed by atoms with E-state index in [9.17, 15) is 26.7 Å². The Balaban J connectivity index is 3.27. The summed E-state index contributed by atoms with van der Waals surface area (Å²) in [5, 5.41) is 2.80. The molecule has 0 aliphatic carbocycles. The summed E-state index contributed by atoms with van der Waals surface area (Å²) in [5.41, 5.74) is -0.983. The van der Waals surface area contributed by atoms with Crippen molar-refractivity contribution in [1.29, 1.82) is 0 Å². The lowest BCUT2D eigenvalue weighted by atomic mass is 9.94. The van der Waals surface area contributed by atoms with E-state index in [1.54, 1.807) is 27.7 Å². The molecular weight excluding hydrogens is 305 g/mol. The molecule has 0 saturated heterocycles. The number of halogens is 5. The Bertz CT molecular complexity index is 543. The van der Waals surface area contributed by atoms with Gasteiger partial charge in [0.1, 0.15) is 0 Å². The van der Waals surface area contributed by atoms with E-state index >= 15 is 0 Å². The molecule has 1 N–H and O–H groups in total. The average Bonchev–Trinajstić information content (AvgIpc) is 2.45. The van der Waals surface area contributed by atoms with Crippen LogP contribution in [-0.4, -0.2) is 17.9 Å². The second kappa shape index (κ2) is 7.17. The monoisotopic (exact) mass is 323 g/mol. The molecule has 0 amide bonds. The molecule has 0 saturated carbocycles. The molecule has 2 nitrogen and oxygen atoms in total. The number of hydrogen-bond acceptors (Lipinski definition) is 2. The van der Waals surface area contributed by atoms with Crippen LogP contribution in [0.5, 0.6) is 0 Å². The highest BCUT2D eigenvalue weighted by atomic mass is 19.2. The van der Waals surface area contributed by atoms with Gasteiger partial charge in [-0.15, -0.1) is 0 Å². The van der Waals surface area contributed by atoms with E-state index < -0.39 is 53.0 Å². The summed E-state index contributed by atoms with van der Waals surface area (Å²) >= 11 is 0. The molecule has 0 heterocycles. The predicted octanol–water partition coefficient (Wildman–Crippen LogP) is 3.52. The molecule has 1 atom stereocenters. The van der Waals surface area contributed by atoms with Crippen LogP contribution in [0.1, 0.15) is 33.3 Å². The highest BCUT2D eigenvalue weighted by molar-refractivity contribution is 5.86. The Kier molecular flexibility index (Phi) is 6.05. The molecule has 0 fully saturated rings. The van der Waals surface area contributed by atoms with Crippen molar-refractivity contribution >= 4 is 5.78 Å². The fourth-order valence-electron chi connectivity index (χ4n) is 2.08. The van der Waals surface area contributed by atoms with E-state index in [-0.39, 0.29) is 11.8 Å². The smallest absolute Gasteiger partial charge is 0.200 e. The van der Waals surface area contributed by atoms with Crippen LogP contribution in [0, 0.1) is 35.0 Å². The van der Waals surface area contributed by atoms with Gasteiger partial charge in [0.2, 0.25) is 5.82 Å². The zero-order valence-corrected chi connectivity index (χ0v) is 12.7. The summed E-state index contributed by atoms with van der Waals surface area (Å²) in [6.45, 7) is 6.60. The highest BCUT2D eigenvalue weighted by Crippen LogP contribution is 2.24. The van der Waals surface area contributed by atoms with Crippen LogP contribution in [-0.2, 0) is 11.2 Å². The third-order valence-corrected chi connectivity index (χ3v) is 3.16. The predicted molar refractivity (Wildman–Crippen MR) is 71.8 cm³/mol. The van der Waals surface area contributed by atoms with Crippen molar-refractivity contribution in [2.45, 2.75) is 46.2 Å². The van der Waals surface area contributed by atoms with E-state index in [0.29, 0.717) is 0 Å². The maximum absolute atomic E-state index is 13.7. The van der Waals surface area contributed by atoms with Crippen LogP contribution < -0.4 is 5.32 Å². The van der Waals surface area contributed by atoms with Gasteiger partial charge in [-0.1, -0.05) is 27.7 Å². The summed E-state index contributed by atoms with van der Waals surface area (Å²) in [4.78, 5) is 12.1. The summed E-state index contributed by atoms with van der Waals surface area (Å²) in [6.07, 6.45) is -0.610. The maximum atomic E-state index is 13.7. The molecule has 0 unspecified atom stereocenters. The summed E-state index contributed by atoms with van der Waals surface area (Å²) < 4.78 is 66.8. The van der Waals surface area contributed by atoms with Gasteiger partial charge in [0.25, 0.3) is 0 Å². The quantitative estimate of drug-likeness (QED) is 0.493.